The van der Waals surface area contributed by atoms with Crippen LogP contribution in [0.15, 0.2) is 29.4 Å². The Morgan fingerprint density at radius 2 is 2.03 bits per heavy atom. The number of nitrogens with one attached hydrogen (secondary N) is 2. The standard InChI is InChI=1S/C22H32N4O2.HI/c1-4-16-7-6-8-19-18(15-25-20(16)19)9-12-24-22(23-3)26-13-10-17(11-14-26)21(27)28-5-2;/h6-8,15,17,25H,4-5,9-14H2,1-3H3,(H,23,24);1H. The molecular formula is C22H33IN4O2. The number of aromatic nitrogens is 1. The van der Waals surface area contributed by atoms with Gasteiger partial charge in [0.25, 0.3) is 0 Å². The lowest BCUT2D eigenvalue weighted by molar-refractivity contribution is -0.149. The number of ether oxygens (including phenoxy) is 1. The molecular weight excluding hydrogens is 479 g/mol. The predicted octanol–water partition coefficient (Wildman–Crippen LogP) is 3.74. The van der Waals surface area contributed by atoms with Gasteiger partial charge in [-0.25, -0.2) is 0 Å². The number of carbonyl (C=O) groups is 1. The van der Waals surface area contributed by atoms with Crippen molar-refractivity contribution in [3.05, 3.63) is 35.5 Å². The SMILES string of the molecule is CCOC(=O)C1CCN(C(=NC)NCCc2c[nH]c3c(CC)cccc23)CC1.I. The maximum atomic E-state index is 11.9. The number of aliphatic imine (C=N–C) groups is 1. The van der Waals surface area contributed by atoms with E-state index in [2.05, 4.69) is 51.5 Å². The number of hydrogen-bond donors (Lipinski definition) is 2. The average molecular weight is 512 g/mol. The number of aromatic amines is 1. The van der Waals surface area contributed by atoms with E-state index in [1.807, 2.05) is 14.0 Å². The molecule has 7 heteroatoms. The highest BCUT2D eigenvalue weighted by atomic mass is 127. The molecule has 2 N–H and O–H groups in total. The lowest BCUT2D eigenvalue weighted by Crippen LogP contribution is -2.47. The Morgan fingerprint density at radius 3 is 2.69 bits per heavy atom. The van der Waals surface area contributed by atoms with Crippen molar-refractivity contribution in [3.8, 4) is 0 Å². The molecule has 1 aliphatic heterocycles. The third kappa shape index (κ3) is 5.65. The summed E-state index contributed by atoms with van der Waals surface area (Å²) in [6.07, 6.45) is 5.73. The van der Waals surface area contributed by atoms with Crippen LogP contribution in [0.1, 0.15) is 37.8 Å². The summed E-state index contributed by atoms with van der Waals surface area (Å²) in [6, 6.07) is 6.51. The molecule has 3 rings (SSSR count). The van der Waals surface area contributed by atoms with Crippen LogP contribution < -0.4 is 5.32 Å². The summed E-state index contributed by atoms with van der Waals surface area (Å²) in [5.74, 6) is 0.876. The Bertz CT molecular complexity index is 825. The number of halogens is 1. The third-order valence-electron chi connectivity index (χ3n) is 5.57. The summed E-state index contributed by atoms with van der Waals surface area (Å²) in [7, 11) is 1.82. The summed E-state index contributed by atoms with van der Waals surface area (Å²) >= 11 is 0. The molecule has 0 unspecified atom stereocenters. The van der Waals surface area contributed by atoms with Crippen molar-refractivity contribution in [3.63, 3.8) is 0 Å². The second-order valence-electron chi connectivity index (χ2n) is 7.24. The zero-order valence-electron chi connectivity index (χ0n) is 17.7. The van der Waals surface area contributed by atoms with E-state index >= 15 is 0 Å². The van der Waals surface area contributed by atoms with Crippen molar-refractivity contribution < 1.29 is 9.53 Å². The van der Waals surface area contributed by atoms with Gasteiger partial charge in [-0.05, 0) is 43.7 Å². The molecule has 0 aliphatic carbocycles. The number of para-hydroxylation sites is 1. The number of aryl methyl sites for hydroxylation is 1. The van der Waals surface area contributed by atoms with Gasteiger partial charge in [-0.3, -0.25) is 9.79 Å². The average Bonchev–Trinajstić information content (AvgIpc) is 3.15. The molecule has 1 fully saturated rings. The van der Waals surface area contributed by atoms with E-state index in [-0.39, 0.29) is 35.9 Å². The Kier molecular flexibility index (Phi) is 9.26. The van der Waals surface area contributed by atoms with E-state index in [9.17, 15) is 4.79 Å². The van der Waals surface area contributed by atoms with E-state index in [0.29, 0.717) is 6.61 Å². The van der Waals surface area contributed by atoms with Crippen LogP contribution in [-0.4, -0.2) is 55.1 Å². The lowest BCUT2D eigenvalue weighted by atomic mass is 9.97. The van der Waals surface area contributed by atoms with E-state index in [1.165, 1.54) is 22.0 Å². The van der Waals surface area contributed by atoms with Crippen molar-refractivity contribution in [2.45, 2.75) is 39.5 Å². The maximum absolute atomic E-state index is 11.9. The first-order valence-electron chi connectivity index (χ1n) is 10.4. The number of H-pyrrole nitrogens is 1. The van der Waals surface area contributed by atoms with Gasteiger partial charge >= 0.3 is 5.97 Å². The number of piperidine rings is 1. The second-order valence-corrected chi connectivity index (χ2v) is 7.24. The summed E-state index contributed by atoms with van der Waals surface area (Å²) in [6.45, 7) is 6.98. The van der Waals surface area contributed by atoms with E-state index < -0.39 is 0 Å². The van der Waals surface area contributed by atoms with Gasteiger partial charge in [0.15, 0.2) is 5.96 Å². The van der Waals surface area contributed by atoms with Crippen LogP contribution in [0.25, 0.3) is 10.9 Å². The number of benzene rings is 1. The molecule has 0 atom stereocenters. The molecule has 6 nitrogen and oxygen atoms in total. The van der Waals surface area contributed by atoms with Gasteiger partial charge < -0.3 is 19.9 Å². The molecule has 29 heavy (non-hydrogen) atoms. The molecule has 1 aliphatic rings. The number of rotatable bonds is 6. The summed E-state index contributed by atoms with van der Waals surface area (Å²) < 4.78 is 5.15. The normalized spacial score (nSPS) is 15.3. The first kappa shape index (κ1) is 23.5. The van der Waals surface area contributed by atoms with Crippen molar-refractivity contribution in [1.82, 2.24) is 15.2 Å². The van der Waals surface area contributed by atoms with Crippen molar-refractivity contribution in [2.75, 3.05) is 33.3 Å². The molecule has 0 spiro atoms. The van der Waals surface area contributed by atoms with Crippen LogP contribution in [0, 0.1) is 5.92 Å². The van der Waals surface area contributed by atoms with Crippen molar-refractivity contribution >= 4 is 46.8 Å². The van der Waals surface area contributed by atoms with Crippen LogP contribution in [0.3, 0.4) is 0 Å². The summed E-state index contributed by atoms with van der Waals surface area (Å²) in [5.41, 5.74) is 3.94. The molecule has 2 heterocycles. The smallest absolute Gasteiger partial charge is 0.309 e. The van der Waals surface area contributed by atoms with Gasteiger partial charge in [-0.1, -0.05) is 25.1 Å². The number of carbonyl (C=O) groups excluding carboxylic acids is 1. The highest BCUT2D eigenvalue weighted by Gasteiger charge is 2.27. The monoisotopic (exact) mass is 512 g/mol. The maximum Gasteiger partial charge on any atom is 0.309 e. The second kappa shape index (κ2) is 11.4. The lowest BCUT2D eigenvalue weighted by Gasteiger charge is -2.33. The van der Waals surface area contributed by atoms with Gasteiger partial charge in [-0.2, -0.15) is 0 Å². The fourth-order valence-corrected chi connectivity index (χ4v) is 4.01. The van der Waals surface area contributed by atoms with Gasteiger partial charge in [0.05, 0.1) is 12.5 Å². The van der Waals surface area contributed by atoms with Crippen LogP contribution in [0.5, 0.6) is 0 Å². The molecule has 160 valence electrons. The Hall–Kier alpha value is -1.77. The Morgan fingerprint density at radius 1 is 1.28 bits per heavy atom. The number of fused-ring (bicyclic) bond motifs is 1. The van der Waals surface area contributed by atoms with Gasteiger partial charge in [0, 0.05) is 43.8 Å². The van der Waals surface area contributed by atoms with Crippen molar-refractivity contribution in [1.29, 1.82) is 0 Å². The van der Waals surface area contributed by atoms with Crippen molar-refractivity contribution in [2.24, 2.45) is 10.9 Å². The van der Waals surface area contributed by atoms with Crippen LogP contribution in [0.2, 0.25) is 0 Å². The van der Waals surface area contributed by atoms with Gasteiger partial charge in [0.1, 0.15) is 0 Å². The molecule has 1 saturated heterocycles. The van der Waals surface area contributed by atoms with Crippen LogP contribution >= 0.6 is 24.0 Å². The third-order valence-corrected chi connectivity index (χ3v) is 5.57. The first-order valence-corrected chi connectivity index (χ1v) is 10.4. The van der Waals surface area contributed by atoms with Crippen LogP contribution in [0.4, 0.5) is 0 Å². The number of hydrogen-bond acceptors (Lipinski definition) is 3. The number of likely N-dealkylation sites (tertiary alicyclic amines) is 1. The van der Waals surface area contributed by atoms with Crippen LogP contribution in [-0.2, 0) is 22.4 Å². The minimum Gasteiger partial charge on any atom is -0.466 e. The zero-order valence-corrected chi connectivity index (χ0v) is 20.0. The Labute approximate surface area is 190 Å². The molecule has 2 aromatic rings. The minimum absolute atomic E-state index is 0. The molecule has 1 aromatic heterocycles. The molecule has 1 aromatic carbocycles. The number of esters is 1. The van der Waals surface area contributed by atoms with E-state index in [1.54, 1.807) is 0 Å². The van der Waals surface area contributed by atoms with E-state index in [0.717, 1.165) is 51.3 Å². The quantitative estimate of drug-likeness (QED) is 0.268. The molecule has 0 amide bonds. The largest absolute Gasteiger partial charge is 0.466 e. The van der Waals surface area contributed by atoms with Gasteiger partial charge in [-0.15, -0.1) is 24.0 Å². The highest BCUT2D eigenvalue weighted by Crippen LogP contribution is 2.22. The van der Waals surface area contributed by atoms with E-state index in [4.69, 9.17) is 4.74 Å². The first-order chi connectivity index (χ1) is 13.7. The summed E-state index contributed by atoms with van der Waals surface area (Å²) in [4.78, 5) is 22.0. The minimum atomic E-state index is -0.0594. The fraction of sp³-hybridized carbons (Fsp3) is 0.545. The highest BCUT2D eigenvalue weighted by molar-refractivity contribution is 14.0. The Balaban J connectivity index is 0.00000300. The topological polar surface area (TPSA) is 69.7 Å². The predicted molar refractivity (Wildman–Crippen MR) is 129 cm³/mol. The number of nitrogens with zero attached hydrogens (tertiary/aromatic N) is 2. The molecule has 0 saturated carbocycles. The summed E-state index contributed by atoms with van der Waals surface area (Å²) in [5, 5.41) is 4.80. The fourth-order valence-electron chi connectivity index (χ4n) is 4.01. The zero-order chi connectivity index (χ0) is 19.9. The molecule has 0 bridgehead atoms. The van der Waals surface area contributed by atoms with Gasteiger partial charge in [0.2, 0.25) is 0 Å². The molecule has 0 radical (unpaired) electrons. The number of guanidine groups is 1.